The van der Waals surface area contributed by atoms with Crippen LogP contribution in [0.15, 0.2) is 60.9 Å². The Kier molecular flexibility index (Phi) is 5.52. The number of hydrogen-bond acceptors (Lipinski definition) is 5. The van der Waals surface area contributed by atoms with Gasteiger partial charge in [-0.25, -0.2) is 9.18 Å². The summed E-state index contributed by atoms with van der Waals surface area (Å²) in [5, 5.41) is 12.6. The molecule has 1 aromatic heterocycles. The van der Waals surface area contributed by atoms with Crippen LogP contribution in [0.25, 0.3) is 0 Å². The fourth-order valence-corrected chi connectivity index (χ4v) is 3.69. The van der Waals surface area contributed by atoms with Gasteiger partial charge in [0.25, 0.3) is 0 Å². The molecule has 2 N–H and O–H groups in total. The normalized spacial score (nSPS) is 15.1. The number of ether oxygens (including phenoxy) is 1. The summed E-state index contributed by atoms with van der Waals surface area (Å²) in [5.74, 6) is -0.360. The number of benzene rings is 2. The molecule has 0 saturated heterocycles. The number of nitrogens with one attached hydrogen (secondary N) is 1. The number of halogens is 1. The summed E-state index contributed by atoms with van der Waals surface area (Å²) in [6.45, 7) is 1.12. The molecule has 0 saturated carbocycles. The van der Waals surface area contributed by atoms with Crippen LogP contribution in [0.5, 0.6) is 5.75 Å². The van der Waals surface area contributed by atoms with Gasteiger partial charge in [-0.3, -0.25) is 4.98 Å². The molecule has 0 aliphatic carbocycles. The molecule has 2 heterocycles. The highest BCUT2D eigenvalue weighted by molar-refractivity contribution is 5.93. The molecule has 1 aliphatic rings. The van der Waals surface area contributed by atoms with E-state index in [0.29, 0.717) is 24.5 Å². The Morgan fingerprint density at radius 3 is 2.93 bits per heavy atom. The number of carboxylic acid groups (broad SMARTS) is 1. The molecule has 4 rings (SSSR count). The van der Waals surface area contributed by atoms with E-state index in [1.54, 1.807) is 23.1 Å². The maximum atomic E-state index is 14.1. The Labute approximate surface area is 173 Å². The van der Waals surface area contributed by atoms with Crippen molar-refractivity contribution >= 4 is 23.0 Å². The molecule has 7 heteroatoms. The number of carboxylic acids is 1. The van der Waals surface area contributed by atoms with Gasteiger partial charge in [0, 0.05) is 37.5 Å². The number of para-hydroxylation sites is 1. The quantitative estimate of drug-likeness (QED) is 0.619. The van der Waals surface area contributed by atoms with Crippen LogP contribution in [0.2, 0.25) is 0 Å². The molecular formula is C23H22FN3O3. The fraction of sp³-hybridized carbons (Fsp3) is 0.217. The van der Waals surface area contributed by atoms with E-state index in [-0.39, 0.29) is 17.3 Å². The van der Waals surface area contributed by atoms with E-state index in [9.17, 15) is 14.3 Å². The lowest BCUT2D eigenvalue weighted by Crippen LogP contribution is -2.22. The molecule has 0 amide bonds. The molecule has 0 fully saturated rings. The molecule has 0 spiro atoms. The molecule has 2 aromatic carbocycles. The minimum absolute atomic E-state index is 0.156. The van der Waals surface area contributed by atoms with Gasteiger partial charge < -0.3 is 20.1 Å². The molecule has 30 heavy (non-hydrogen) atoms. The SMILES string of the molecule is CN(c1ccc2c(c1)OCC[C@H]2CNc1cnccc1C(=O)O)c1ccccc1F. The Bertz CT molecular complexity index is 1070. The van der Waals surface area contributed by atoms with Crippen molar-refractivity contribution in [2.45, 2.75) is 12.3 Å². The zero-order valence-electron chi connectivity index (χ0n) is 16.5. The van der Waals surface area contributed by atoms with Gasteiger partial charge in [0.15, 0.2) is 0 Å². The molecule has 6 nitrogen and oxygen atoms in total. The van der Waals surface area contributed by atoms with Crippen molar-refractivity contribution < 1.29 is 19.0 Å². The molecule has 0 unspecified atom stereocenters. The van der Waals surface area contributed by atoms with E-state index >= 15 is 0 Å². The lowest BCUT2D eigenvalue weighted by molar-refractivity contribution is 0.0697. The first-order valence-electron chi connectivity index (χ1n) is 9.71. The Morgan fingerprint density at radius 1 is 1.30 bits per heavy atom. The second kappa shape index (κ2) is 8.41. The smallest absolute Gasteiger partial charge is 0.337 e. The first-order valence-corrected chi connectivity index (χ1v) is 9.71. The van der Waals surface area contributed by atoms with E-state index in [4.69, 9.17) is 4.74 Å². The lowest BCUT2D eigenvalue weighted by atomic mass is 9.92. The maximum Gasteiger partial charge on any atom is 0.337 e. The molecule has 154 valence electrons. The van der Waals surface area contributed by atoms with E-state index in [1.165, 1.54) is 24.5 Å². The van der Waals surface area contributed by atoms with Crippen molar-refractivity contribution in [3.8, 4) is 5.75 Å². The number of pyridine rings is 1. The molecule has 3 aromatic rings. The number of fused-ring (bicyclic) bond motifs is 1. The van der Waals surface area contributed by atoms with Crippen LogP contribution in [-0.4, -0.2) is 36.3 Å². The van der Waals surface area contributed by atoms with Gasteiger partial charge in [-0.2, -0.15) is 0 Å². The second-order valence-electron chi connectivity index (χ2n) is 7.17. The van der Waals surface area contributed by atoms with Crippen molar-refractivity contribution in [1.29, 1.82) is 0 Å². The topological polar surface area (TPSA) is 74.7 Å². The zero-order valence-corrected chi connectivity index (χ0v) is 16.5. The van der Waals surface area contributed by atoms with Gasteiger partial charge in [-0.1, -0.05) is 18.2 Å². The standard InChI is InChI=1S/C23H22FN3O3/c1-27(21-5-3-2-4-19(21)24)16-6-7-17-15(9-11-30-22(17)12-16)13-26-20-14-25-10-8-18(20)23(28)29/h2-8,10,12,14-15,26H,9,11,13H2,1H3,(H,28,29)/t15-/m0/s1. The van der Waals surface area contributed by atoms with Crippen molar-refractivity contribution in [2.75, 3.05) is 30.4 Å². The number of carbonyl (C=O) groups is 1. The predicted molar refractivity (Wildman–Crippen MR) is 113 cm³/mol. The Balaban J connectivity index is 1.54. The Hall–Kier alpha value is -3.61. The summed E-state index contributed by atoms with van der Waals surface area (Å²) in [4.78, 5) is 17.2. The lowest BCUT2D eigenvalue weighted by Gasteiger charge is -2.28. The third-order valence-electron chi connectivity index (χ3n) is 5.35. The minimum atomic E-state index is -0.992. The number of aromatic carboxylic acids is 1. The van der Waals surface area contributed by atoms with Crippen molar-refractivity contribution in [3.63, 3.8) is 0 Å². The van der Waals surface area contributed by atoms with Crippen LogP contribution in [-0.2, 0) is 0 Å². The summed E-state index contributed by atoms with van der Waals surface area (Å²) in [7, 11) is 1.82. The average molecular weight is 407 g/mol. The largest absolute Gasteiger partial charge is 0.493 e. The Morgan fingerprint density at radius 2 is 2.13 bits per heavy atom. The number of aromatic nitrogens is 1. The third-order valence-corrected chi connectivity index (χ3v) is 5.35. The van der Waals surface area contributed by atoms with Crippen molar-refractivity contribution in [2.24, 2.45) is 0 Å². The van der Waals surface area contributed by atoms with Crippen LogP contribution in [0, 0.1) is 5.82 Å². The summed E-state index contributed by atoms with van der Waals surface area (Å²) in [6.07, 6.45) is 3.80. The molecule has 1 atom stereocenters. The molecular weight excluding hydrogens is 385 g/mol. The van der Waals surface area contributed by atoms with E-state index in [1.807, 2.05) is 25.2 Å². The van der Waals surface area contributed by atoms with Gasteiger partial charge in [0.05, 0.1) is 29.7 Å². The predicted octanol–water partition coefficient (Wildman–Crippen LogP) is 4.67. The first kappa shape index (κ1) is 19.7. The highest BCUT2D eigenvalue weighted by atomic mass is 19.1. The molecule has 0 radical (unpaired) electrons. The van der Waals surface area contributed by atoms with Crippen molar-refractivity contribution in [1.82, 2.24) is 4.98 Å². The monoisotopic (exact) mass is 407 g/mol. The maximum absolute atomic E-state index is 14.1. The summed E-state index contributed by atoms with van der Waals surface area (Å²) in [5.41, 5.74) is 3.05. The van der Waals surface area contributed by atoms with Gasteiger partial charge in [-0.05, 0) is 36.2 Å². The van der Waals surface area contributed by atoms with Gasteiger partial charge in [-0.15, -0.1) is 0 Å². The fourth-order valence-electron chi connectivity index (χ4n) is 3.69. The van der Waals surface area contributed by atoms with Gasteiger partial charge >= 0.3 is 5.97 Å². The summed E-state index contributed by atoms with van der Waals surface area (Å²) in [6, 6.07) is 14.0. The second-order valence-corrected chi connectivity index (χ2v) is 7.17. The highest BCUT2D eigenvalue weighted by Gasteiger charge is 2.23. The van der Waals surface area contributed by atoms with Crippen LogP contribution >= 0.6 is 0 Å². The van der Waals surface area contributed by atoms with E-state index in [2.05, 4.69) is 10.3 Å². The zero-order chi connectivity index (χ0) is 21.1. The van der Waals surface area contributed by atoms with Crippen LogP contribution in [0.1, 0.15) is 28.3 Å². The number of anilines is 3. The first-order chi connectivity index (χ1) is 14.5. The number of nitrogens with zero attached hydrogens (tertiary/aromatic N) is 2. The molecule has 0 bridgehead atoms. The summed E-state index contributed by atoms with van der Waals surface area (Å²) >= 11 is 0. The molecule has 1 aliphatic heterocycles. The third kappa shape index (κ3) is 3.91. The highest BCUT2D eigenvalue weighted by Crippen LogP contribution is 2.38. The van der Waals surface area contributed by atoms with E-state index in [0.717, 1.165) is 23.4 Å². The van der Waals surface area contributed by atoms with Crippen LogP contribution < -0.4 is 15.0 Å². The van der Waals surface area contributed by atoms with Crippen molar-refractivity contribution in [3.05, 3.63) is 77.9 Å². The average Bonchev–Trinajstić information content (AvgIpc) is 2.77. The van der Waals surface area contributed by atoms with E-state index < -0.39 is 5.97 Å². The van der Waals surface area contributed by atoms with Crippen LogP contribution in [0.4, 0.5) is 21.5 Å². The number of hydrogen-bond donors (Lipinski definition) is 2. The summed E-state index contributed by atoms with van der Waals surface area (Å²) < 4.78 is 20.0. The van der Waals surface area contributed by atoms with Gasteiger partial charge in [0.2, 0.25) is 0 Å². The minimum Gasteiger partial charge on any atom is -0.493 e. The number of rotatable bonds is 6. The van der Waals surface area contributed by atoms with Gasteiger partial charge in [0.1, 0.15) is 11.6 Å². The van der Waals surface area contributed by atoms with Crippen LogP contribution in [0.3, 0.4) is 0 Å².